The minimum Gasteiger partial charge on any atom is -0.325 e. The number of anilines is 1. The summed E-state index contributed by atoms with van der Waals surface area (Å²) in [6.45, 7) is 3.53. The molecule has 94 valence electrons. The average Bonchev–Trinajstić information content (AvgIpc) is 2.19. The molecule has 0 spiro atoms. The van der Waals surface area contributed by atoms with Crippen LogP contribution >= 0.6 is 26.6 Å². The highest BCUT2D eigenvalue weighted by Gasteiger charge is 2.14. The minimum atomic E-state index is -3.76. The SMILES string of the molecule is CC(C)C(=O)Nc1ccc(S(=O)(=O)Cl)cc1Br. The van der Waals surface area contributed by atoms with Gasteiger partial charge in [-0.2, -0.15) is 0 Å². The average molecular weight is 341 g/mol. The van der Waals surface area contributed by atoms with Crippen LogP contribution in [0.25, 0.3) is 0 Å². The first-order valence-corrected chi connectivity index (χ1v) is 7.87. The molecule has 1 amide bonds. The fourth-order valence-electron chi connectivity index (χ4n) is 1.03. The van der Waals surface area contributed by atoms with Gasteiger partial charge in [0.1, 0.15) is 0 Å². The molecule has 0 atom stereocenters. The normalized spacial score (nSPS) is 11.6. The third-order valence-electron chi connectivity index (χ3n) is 2.00. The molecule has 4 nitrogen and oxygen atoms in total. The molecule has 0 aromatic heterocycles. The van der Waals surface area contributed by atoms with Gasteiger partial charge in [-0.3, -0.25) is 4.79 Å². The molecule has 0 saturated carbocycles. The van der Waals surface area contributed by atoms with Gasteiger partial charge in [0.2, 0.25) is 5.91 Å². The second-order valence-corrected chi connectivity index (χ2v) is 7.14. The zero-order valence-corrected chi connectivity index (χ0v) is 12.4. The van der Waals surface area contributed by atoms with Crippen molar-refractivity contribution in [1.82, 2.24) is 0 Å². The Labute approximate surface area is 113 Å². The van der Waals surface area contributed by atoms with Gasteiger partial charge >= 0.3 is 0 Å². The number of nitrogens with one attached hydrogen (secondary N) is 1. The Morgan fingerprint density at radius 2 is 2.00 bits per heavy atom. The second kappa shape index (κ2) is 5.37. The predicted molar refractivity (Wildman–Crippen MR) is 70.6 cm³/mol. The molecule has 0 unspecified atom stereocenters. The zero-order valence-electron chi connectivity index (χ0n) is 9.20. The number of benzene rings is 1. The topological polar surface area (TPSA) is 63.2 Å². The summed E-state index contributed by atoms with van der Waals surface area (Å²) in [4.78, 5) is 11.5. The van der Waals surface area contributed by atoms with Crippen LogP contribution in [-0.4, -0.2) is 14.3 Å². The van der Waals surface area contributed by atoms with Gasteiger partial charge in [-0.05, 0) is 34.1 Å². The molecule has 0 radical (unpaired) electrons. The van der Waals surface area contributed by atoms with Crippen molar-refractivity contribution in [2.75, 3.05) is 5.32 Å². The van der Waals surface area contributed by atoms with Crippen LogP contribution < -0.4 is 5.32 Å². The zero-order chi connectivity index (χ0) is 13.2. The molecule has 1 rings (SSSR count). The molecule has 1 N–H and O–H groups in total. The van der Waals surface area contributed by atoms with Crippen molar-refractivity contribution < 1.29 is 13.2 Å². The van der Waals surface area contributed by atoms with Crippen molar-refractivity contribution in [3.63, 3.8) is 0 Å². The number of rotatable bonds is 3. The molecule has 0 aliphatic carbocycles. The number of carbonyl (C=O) groups is 1. The summed E-state index contributed by atoms with van der Waals surface area (Å²) in [7, 11) is 1.45. The Kier molecular flexibility index (Phi) is 4.57. The van der Waals surface area contributed by atoms with Crippen LogP contribution in [0.4, 0.5) is 5.69 Å². The highest BCUT2D eigenvalue weighted by Crippen LogP contribution is 2.27. The van der Waals surface area contributed by atoms with E-state index in [1.807, 2.05) is 0 Å². The maximum absolute atomic E-state index is 11.5. The molecule has 0 aliphatic heterocycles. The smallest absolute Gasteiger partial charge is 0.261 e. The van der Waals surface area contributed by atoms with Crippen LogP contribution in [-0.2, 0) is 13.8 Å². The van der Waals surface area contributed by atoms with E-state index in [9.17, 15) is 13.2 Å². The van der Waals surface area contributed by atoms with Crippen molar-refractivity contribution in [3.05, 3.63) is 22.7 Å². The summed E-state index contributed by atoms with van der Waals surface area (Å²) in [5, 5.41) is 2.66. The van der Waals surface area contributed by atoms with Crippen LogP contribution in [0.1, 0.15) is 13.8 Å². The van der Waals surface area contributed by atoms with Gasteiger partial charge in [0.15, 0.2) is 0 Å². The van der Waals surface area contributed by atoms with E-state index in [2.05, 4.69) is 21.2 Å². The van der Waals surface area contributed by atoms with Gasteiger partial charge < -0.3 is 5.32 Å². The van der Waals surface area contributed by atoms with E-state index in [0.29, 0.717) is 10.2 Å². The van der Waals surface area contributed by atoms with E-state index in [-0.39, 0.29) is 16.7 Å². The summed E-state index contributed by atoms with van der Waals surface area (Å²) in [5.74, 6) is -0.300. The lowest BCUT2D eigenvalue weighted by Gasteiger charge is -2.10. The lowest BCUT2D eigenvalue weighted by atomic mass is 10.2. The van der Waals surface area contributed by atoms with Gasteiger partial charge in [-0.1, -0.05) is 13.8 Å². The van der Waals surface area contributed by atoms with Crippen molar-refractivity contribution in [2.45, 2.75) is 18.7 Å². The molecule has 7 heteroatoms. The Morgan fingerprint density at radius 1 is 1.41 bits per heavy atom. The Bertz CT molecular complexity index is 542. The fourth-order valence-corrected chi connectivity index (χ4v) is 2.43. The molecular formula is C10H11BrClNO3S. The van der Waals surface area contributed by atoms with Crippen LogP contribution in [0.3, 0.4) is 0 Å². The van der Waals surface area contributed by atoms with E-state index in [1.165, 1.54) is 18.2 Å². The third-order valence-corrected chi connectivity index (χ3v) is 4.01. The molecule has 0 saturated heterocycles. The molecule has 1 aromatic carbocycles. The van der Waals surface area contributed by atoms with Crippen LogP contribution in [0.15, 0.2) is 27.6 Å². The first kappa shape index (κ1) is 14.5. The summed E-state index contributed by atoms with van der Waals surface area (Å²) < 4.78 is 22.6. The monoisotopic (exact) mass is 339 g/mol. The molecular weight excluding hydrogens is 330 g/mol. The van der Waals surface area contributed by atoms with Crippen molar-refractivity contribution >= 4 is 47.3 Å². The number of amides is 1. The van der Waals surface area contributed by atoms with Gasteiger partial charge in [-0.25, -0.2) is 8.42 Å². The third kappa shape index (κ3) is 3.97. The van der Waals surface area contributed by atoms with Gasteiger partial charge in [-0.15, -0.1) is 0 Å². The quantitative estimate of drug-likeness (QED) is 0.860. The summed E-state index contributed by atoms with van der Waals surface area (Å²) in [5.41, 5.74) is 0.507. The minimum absolute atomic E-state index is 0.0198. The summed E-state index contributed by atoms with van der Waals surface area (Å²) in [6, 6.07) is 4.17. The maximum Gasteiger partial charge on any atom is 0.261 e. The molecule has 0 bridgehead atoms. The van der Waals surface area contributed by atoms with Gasteiger partial charge in [0.05, 0.1) is 10.6 Å². The Hall–Kier alpha value is -0.590. The van der Waals surface area contributed by atoms with E-state index in [4.69, 9.17) is 10.7 Å². The Balaban J connectivity index is 3.03. The second-order valence-electron chi connectivity index (χ2n) is 3.72. The van der Waals surface area contributed by atoms with Crippen LogP contribution in [0.2, 0.25) is 0 Å². The lowest BCUT2D eigenvalue weighted by molar-refractivity contribution is -0.118. The molecule has 1 aromatic rings. The fraction of sp³-hybridized carbons (Fsp3) is 0.300. The highest BCUT2D eigenvalue weighted by molar-refractivity contribution is 9.10. The first-order valence-electron chi connectivity index (χ1n) is 4.77. The predicted octanol–water partition coefficient (Wildman–Crippen LogP) is 2.97. The van der Waals surface area contributed by atoms with Gasteiger partial charge in [0.25, 0.3) is 9.05 Å². The van der Waals surface area contributed by atoms with E-state index in [1.54, 1.807) is 13.8 Å². The summed E-state index contributed by atoms with van der Waals surface area (Å²) >= 11 is 3.18. The lowest BCUT2D eigenvalue weighted by Crippen LogP contribution is -2.18. The van der Waals surface area contributed by atoms with Crippen molar-refractivity contribution in [3.8, 4) is 0 Å². The molecule has 0 aliphatic rings. The molecule has 0 fully saturated rings. The van der Waals surface area contributed by atoms with E-state index >= 15 is 0 Å². The standard InChI is InChI=1S/C10H11BrClNO3S/c1-6(2)10(14)13-9-4-3-7(5-8(9)11)17(12,15)16/h3-6H,1-2H3,(H,13,14). The van der Waals surface area contributed by atoms with E-state index < -0.39 is 9.05 Å². The molecule has 17 heavy (non-hydrogen) atoms. The van der Waals surface area contributed by atoms with Crippen LogP contribution in [0, 0.1) is 5.92 Å². The number of hydrogen-bond donors (Lipinski definition) is 1. The largest absolute Gasteiger partial charge is 0.325 e. The van der Waals surface area contributed by atoms with Gasteiger partial charge in [0, 0.05) is 21.1 Å². The van der Waals surface area contributed by atoms with Crippen molar-refractivity contribution in [2.24, 2.45) is 5.92 Å². The Morgan fingerprint density at radius 3 is 2.41 bits per heavy atom. The van der Waals surface area contributed by atoms with E-state index in [0.717, 1.165) is 0 Å². The number of carbonyl (C=O) groups excluding carboxylic acids is 1. The number of hydrogen-bond acceptors (Lipinski definition) is 3. The summed E-state index contributed by atoms with van der Waals surface area (Å²) in [6.07, 6.45) is 0. The molecule has 0 heterocycles. The van der Waals surface area contributed by atoms with Crippen molar-refractivity contribution in [1.29, 1.82) is 0 Å². The maximum atomic E-state index is 11.5. The highest BCUT2D eigenvalue weighted by atomic mass is 79.9. The first-order chi connectivity index (χ1) is 7.71. The number of halogens is 2. The van der Waals surface area contributed by atoms with Crippen LogP contribution in [0.5, 0.6) is 0 Å².